The highest BCUT2D eigenvalue weighted by molar-refractivity contribution is 5.44. The predicted octanol–water partition coefficient (Wildman–Crippen LogP) is 5.08. The van der Waals surface area contributed by atoms with Crippen molar-refractivity contribution in [2.24, 2.45) is 0 Å². The third kappa shape index (κ3) is 3.20. The first-order chi connectivity index (χ1) is 9.50. The van der Waals surface area contributed by atoms with Gasteiger partial charge in [0.1, 0.15) is 0 Å². The molecule has 0 bridgehead atoms. The molecule has 0 amide bonds. The number of aromatic nitrogens is 2. The van der Waals surface area contributed by atoms with Crippen LogP contribution in [0, 0.1) is 13.8 Å². The van der Waals surface area contributed by atoms with Crippen molar-refractivity contribution in [3.8, 4) is 5.69 Å². The SMILES string of the molecule is Cc1ccc(-n2nc(C(C)(C)C)cc2C(C)(C)C)c(C)c1. The molecule has 0 radical (unpaired) electrons. The van der Waals surface area contributed by atoms with Crippen LogP contribution in [-0.4, -0.2) is 9.78 Å². The smallest absolute Gasteiger partial charge is 0.0685 e. The second kappa shape index (κ2) is 5.01. The maximum atomic E-state index is 4.93. The van der Waals surface area contributed by atoms with Crippen molar-refractivity contribution in [2.75, 3.05) is 0 Å². The molecule has 0 saturated heterocycles. The lowest BCUT2D eigenvalue weighted by Gasteiger charge is -2.21. The topological polar surface area (TPSA) is 17.8 Å². The first-order valence-corrected chi connectivity index (χ1v) is 7.69. The molecular formula is C19H28N2. The number of nitrogens with zero attached hydrogens (tertiary/aromatic N) is 2. The number of rotatable bonds is 1. The lowest BCUT2D eigenvalue weighted by Crippen LogP contribution is -2.18. The number of benzene rings is 1. The summed E-state index contributed by atoms with van der Waals surface area (Å²) in [5.41, 5.74) is 6.27. The summed E-state index contributed by atoms with van der Waals surface area (Å²) in [5.74, 6) is 0. The average Bonchev–Trinajstić information content (AvgIpc) is 2.72. The highest BCUT2D eigenvalue weighted by Crippen LogP contribution is 2.31. The molecule has 2 heteroatoms. The molecule has 2 rings (SSSR count). The van der Waals surface area contributed by atoms with Gasteiger partial charge in [-0.05, 0) is 31.5 Å². The highest BCUT2D eigenvalue weighted by atomic mass is 15.3. The highest BCUT2D eigenvalue weighted by Gasteiger charge is 2.26. The molecule has 0 spiro atoms. The molecule has 0 aliphatic heterocycles. The lowest BCUT2D eigenvalue weighted by atomic mass is 9.88. The quantitative estimate of drug-likeness (QED) is 0.713. The Hall–Kier alpha value is -1.57. The van der Waals surface area contributed by atoms with Crippen LogP contribution in [0.2, 0.25) is 0 Å². The van der Waals surface area contributed by atoms with Crippen molar-refractivity contribution >= 4 is 0 Å². The molecule has 0 aliphatic rings. The van der Waals surface area contributed by atoms with Crippen molar-refractivity contribution in [1.82, 2.24) is 9.78 Å². The molecule has 0 fully saturated rings. The van der Waals surface area contributed by atoms with E-state index in [-0.39, 0.29) is 10.8 Å². The fraction of sp³-hybridized carbons (Fsp3) is 0.526. The summed E-state index contributed by atoms with van der Waals surface area (Å²) in [6.07, 6.45) is 0. The fourth-order valence-electron chi connectivity index (χ4n) is 2.51. The summed E-state index contributed by atoms with van der Waals surface area (Å²) in [4.78, 5) is 0. The van der Waals surface area contributed by atoms with Crippen LogP contribution in [0.5, 0.6) is 0 Å². The van der Waals surface area contributed by atoms with Crippen molar-refractivity contribution in [3.05, 3.63) is 46.8 Å². The van der Waals surface area contributed by atoms with E-state index in [2.05, 4.69) is 84.3 Å². The second-order valence-corrected chi connectivity index (χ2v) is 8.12. The Balaban J connectivity index is 2.69. The van der Waals surface area contributed by atoms with Crippen LogP contribution in [0.3, 0.4) is 0 Å². The molecule has 0 aliphatic carbocycles. The average molecular weight is 284 g/mol. The van der Waals surface area contributed by atoms with Gasteiger partial charge >= 0.3 is 0 Å². The van der Waals surface area contributed by atoms with E-state index in [1.807, 2.05) is 0 Å². The molecule has 1 heterocycles. The van der Waals surface area contributed by atoms with Gasteiger partial charge in [0.05, 0.1) is 11.4 Å². The molecule has 2 aromatic rings. The lowest BCUT2D eigenvalue weighted by molar-refractivity contribution is 0.536. The largest absolute Gasteiger partial charge is 0.237 e. The normalized spacial score (nSPS) is 12.8. The van der Waals surface area contributed by atoms with E-state index < -0.39 is 0 Å². The Bertz CT molecular complexity index is 649. The van der Waals surface area contributed by atoms with Crippen LogP contribution in [0.4, 0.5) is 0 Å². The van der Waals surface area contributed by atoms with Gasteiger partial charge in [-0.2, -0.15) is 5.10 Å². The van der Waals surface area contributed by atoms with Crippen molar-refractivity contribution in [3.63, 3.8) is 0 Å². The van der Waals surface area contributed by atoms with E-state index in [0.717, 1.165) is 5.69 Å². The molecule has 0 atom stereocenters. The van der Waals surface area contributed by atoms with Crippen molar-refractivity contribution in [1.29, 1.82) is 0 Å². The first kappa shape index (κ1) is 15.8. The van der Waals surface area contributed by atoms with Crippen LogP contribution in [0.15, 0.2) is 24.3 Å². The number of aryl methyl sites for hydroxylation is 2. The standard InChI is InChI=1S/C19H28N2/c1-13-9-10-15(14(2)11-13)21-17(19(6,7)8)12-16(20-21)18(3,4)5/h9-12H,1-8H3. The van der Waals surface area contributed by atoms with E-state index in [1.165, 1.54) is 22.5 Å². The minimum atomic E-state index is 0.0594. The minimum absolute atomic E-state index is 0.0594. The zero-order chi connectivity index (χ0) is 16.0. The van der Waals surface area contributed by atoms with E-state index in [1.54, 1.807) is 0 Å². The number of hydrogen-bond acceptors (Lipinski definition) is 1. The summed E-state index contributed by atoms with van der Waals surface area (Å²) >= 11 is 0. The predicted molar refractivity (Wildman–Crippen MR) is 90.4 cm³/mol. The van der Waals surface area contributed by atoms with Crippen LogP contribution in [0.1, 0.15) is 64.1 Å². The summed E-state index contributed by atoms with van der Waals surface area (Å²) in [7, 11) is 0. The maximum Gasteiger partial charge on any atom is 0.0685 e. The molecule has 1 aromatic heterocycles. The van der Waals surface area contributed by atoms with Gasteiger partial charge in [0.25, 0.3) is 0 Å². The Labute approximate surface area is 129 Å². The van der Waals surface area contributed by atoms with Gasteiger partial charge in [-0.15, -0.1) is 0 Å². The summed E-state index contributed by atoms with van der Waals surface area (Å²) < 4.78 is 2.13. The van der Waals surface area contributed by atoms with Gasteiger partial charge in [-0.25, -0.2) is 4.68 Å². The number of hydrogen-bond donors (Lipinski definition) is 0. The van der Waals surface area contributed by atoms with Crippen LogP contribution >= 0.6 is 0 Å². The third-order valence-electron chi connectivity index (χ3n) is 3.83. The van der Waals surface area contributed by atoms with Crippen LogP contribution < -0.4 is 0 Å². The van der Waals surface area contributed by atoms with E-state index in [9.17, 15) is 0 Å². The molecule has 0 unspecified atom stereocenters. The van der Waals surface area contributed by atoms with E-state index in [4.69, 9.17) is 5.10 Å². The molecule has 2 nitrogen and oxygen atoms in total. The van der Waals surface area contributed by atoms with E-state index in [0.29, 0.717) is 0 Å². The fourth-order valence-corrected chi connectivity index (χ4v) is 2.51. The Morgan fingerprint density at radius 3 is 1.95 bits per heavy atom. The summed E-state index contributed by atoms with van der Waals surface area (Å²) in [5, 5.41) is 4.93. The molecule has 21 heavy (non-hydrogen) atoms. The molecule has 114 valence electrons. The molecular weight excluding hydrogens is 256 g/mol. The van der Waals surface area contributed by atoms with E-state index >= 15 is 0 Å². The molecule has 0 saturated carbocycles. The molecule has 0 N–H and O–H groups in total. The van der Waals surface area contributed by atoms with Crippen molar-refractivity contribution < 1.29 is 0 Å². The second-order valence-electron chi connectivity index (χ2n) is 8.12. The van der Waals surface area contributed by atoms with Gasteiger partial charge in [0.15, 0.2) is 0 Å². The Morgan fingerprint density at radius 2 is 1.48 bits per heavy atom. The first-order valence-electron chi connectivity index (χ1n) is 7.69. The minimum Gasteiger partial charge on any atom is -0.237 e. The van der Waals surface area contributed by atoms with Gasteiger partial charge in [0, 0.05) is 16.5 Å². The summed E-state index contributed by atoms with van der Waals surface area (Å²) in [6.45, 7) is 17.7. The molecule has 1 aromatic carbocycles. The van der Waals surface area contributed by atoms with Crippen molar-refractivity contribution in [2.45, 2.75) is 66.2 Å². The third-order valence-corrected chi connectivity index (χ3v) is 3.83. The zero-order valence-corrected chi connectivity index (χ0v) is 14.7. The summed E-state index contributed by atoms with van der Waals surface area (Å²) in [6, 6.07) is 8.83. The van der Waals surface area contributed by atoms with Gasteiger partial charge in [0.2, 0.25) is 0 Å². The van der Waals surface area contributed by atoms with Crippen LogP contribution in [-0.2, 0) is 10.8 Å². The monoisotopic (exact) mass is 284 g/mol. The van der Waals surface area contributed by atoms with Gasteiger partial charge in [-0.1, -0.05) is 59.2 Å². The Morgan fingerprint density at radius 1 is 0.857 bits per heavy atom. The zero-order valence-electron chi connectivity index (χ0n) is 14.7. The Kier molecular flexibility index (Phi) is 3.77. The van der Waals surface area contributed by atoms with Gasteiger partial charge < -0.3 is 0 Å². The van der Waals surface area contributed by atoms with Crippen LogP contribution in [0.25, 0.3) is 5.69 Å². The van der Waals surface area contributed by atoms with Gasteiger partial charge in [-0.3, -0.25) is 0 Å². The maximum absolute atomic E-state index is 4.93.